The third kappa shape index (κ3) is 3.09. The highest BCUT2D eigenvalue weighted by atomic mass is 16.4. The fourth-order valence-electron chi connectivity index (χ4n) is 2.90. The van der Waals surface area contributed by atoms with Gasteiger partial charge in [-0.05, 0) is 30.7 Å². The quantitative estimate of drug-likeness (QED) is 0.576. The number of rotatable bonds is 4. The first-order valence-corrected chi connectivity index (χ1v) is 8.35. The zero-order chi connectivity index (χ0) is 18.1. The van der Waals surface area contributed by atoms with Crippen molar-refractivity contribution in [3.63, 3.8) is 0 Å². The van der Waals surface area contributed by atoms with Crippen LogP contribution in [0.5, 0.6) is 0 Å². The van der Waals surface area contributed by atoms with Crippen LogP contribution in [0.3, 0.4) is 0 Å². The molecule has 0 bridgehead atoms. The molecule has 3 heterocycles. The summed E-state index contributed by atoms with van der Waals surface area (Å²) in [4.78, 5) is 28.8. The molecule has 130 valence electrons. The van der Waals surface area contributed by atoms with E-state index >= 15 is 0 Å². The van der Waals surface area contributed by atoms with E-state index in [9.17, 15) is 9.59 Å². The maximum atomic E-state index is 12.3. The normalized spacial score (nSPS) is 11.1. The molecular weight excluding hydrogens is 330 g/mol. The molecule has 0 radical (unpaired) electrons. The molecule has 1 amide bonds. The number of nitrogens with one attached hydrogen (secondary N) is 1. The Balaban J connectivity index is 1.46. The summed E-state index contributed by atoms with van der Waals surface area (Å²) in [6, 6.07) is 12.6. The van der Waals surface area contributed by atoms with Crippen molar-refractivity contribution in [3.8, 4) is 0 Å². The Morgan fingerprint density at radius 1 is 1.19 bits per heavy atom. The zero-order valence-electron chi connectivity index (χ0n) is 14.2. The molecule has 0 saturated carbocycles. The first-order valence-electron chi connectivity index (χ1n) is 8.35. The fourth-order valence-corrected chi connectivity index (χ4v) is 2.90. The molecular formula is C20H17N3O3. The van der Waals surface area contributed by atoms with Crippen molar-refractivity contribution in [1.82, 2.24) is 14.7 Å². The van der Waals surface area contributed by atoms with Crippen LogP contribution in [0.15, 0.2) is 64.1 Å². The standard InChI is InChI=1S/C20H17N3O3/c1-13-6-7-18-22-15(12-23(18)11-13)8-9-21-19(24)16-10-14-4-2-3-5-17(14)26-20(16)25/h2-7,10-12H,8-9H2,1H3,(H,21,24). The highest BCUT2D eigenvalue weighted by Crippen LogP contribution is 2.12. The van der Waals surface area contributed by atoms with E-state index in [0.717, 1.165) is 16.9 Å². The summed E-state index contributed by atoms with van der Waals surface area (Å²) in [6.45, 7) is 2.41. The largest absolute Gasteiger partial charge is 0.422 e. The lowest BCUT2D eigenvalue weighted by Gasteiger charge is -2.04. The molecule has 1 aromatic carbocycles. The number of aryl methyl sites for hydroxylation is 1. The molecule has 0 aliphatic rings. The zero-order valence-corrected chi connectivity index (χ0v) is 14.2. The number of carbonyl (C=O) groups excluding carboxylic acids is 1. The van der Waals surface area contributed by atoms with Crippen molar-refractivity contribution in [2.45, 2.75) is 13.3 Å². The molecule has 26 heavy (non-hydrogen) atoms. The molecule has 3 aromatic heterocycles. The van der Waals surface area contributed by atoms with Gasteiger partial charge in [-0.15, -0.1) is 0 Å². The van der Waals surface area contributed by atoms with Gasteiger partial charge in [-0.1, -0.05) is 24.3 Å². The topological polar surface area (TPSA) is 76.6 Å². The fraction of sp³-hybridized carbons (Fsp3) is 0.150. The lowest BCUT2D eigenvalue weighted by molar-refractivity contribution is 0.0950. The molecule has 4 aromatic rings. The van der Waals surface area contributed by atoms with Crippen LogP contribution in [0.1, 0.15) is 21.6 Å². The molecule has 0 saturated heterocycles. The Morgan fingerprint density at radius 2 is 2.04 bits per heavy atom. The van der Waals surface area contributed by atoms with E-state index in [1.165, 1.54) is 0 Å². The molecule has 4 rings (SSSR count). The SMILES string of the molecule is Cc1ccc2nc(CCNC(=O)c3cc4ccccc4oc3=O)cn2c1. The van der Waals surface area contributed by atoms with Crippen LogP contribution < -0.4 is 10.9 Å². The number of fused-ring (bicyclic) bond motifs is 2. The van der Waals surface area contributed by atoms with Crippen LogP contribution in [0, 0.1) is 6.92 Å². The highest BCUT2D eigenvalue weighted by Gasteiger charge is 2.13. The number of hydrogen-bond donors (Lipinski definition) is 1. The van der Waals surface area contributed by atoms with Gasteiger partial charge in [-0.2, -0.15) is 0 Å². The number of hydrogen-bond acceptors (Lipinski definition) is 4. The number of para-hydroxylation sites is 1. The van der Waals surface area contributed by atoms with Gasteiger partial charge in [0.1, 0.15) is 16.8 Å². The predicted molar refractivity (Wildman–Crippen MR) is 98.5 cm³/mol. The Labute approximate surface area is 149 Å². The van der Waals surface area contributed by atoms with Gasteiger partial charge in [0.25, 0.3) is 5.91 Å². The second kappa shape index (κ2) is 6.48. The van der Waals surface area contributed by atoms with E-state index in [2.05, 4.69) is 10.3 Å². The van der Waals surface area contributed by atoms with Crippen LogP contribution >= 0.6 is 0 Å². The number of nitrogens with zero attached hydrogens (tertiary/aromatic N) is 2. The average molecular weight is 347 g/mol. The van der Waals surface area contributed by atoms with Gasteiger partial charge in [0.05, 0.1) is 5.69 Å². The first-order chi connectivity index (χ1) is 12.6. The van der Waals surface area contributed by atoms with Gasteiger partial charge in [-0.25, -0.2) is 9.78 Å². The maximum Gasteiger partial charge on any atom is 0.349 e. The van der Waals surface area contributed by atoms with Crippen molar-refractivity contribution in [2.24, 2.45) is 0 Å². The molecule has 0 fully saturated rings. The minimum atomic E-state index is -0.635. The Morgan fingerprint density at radius 3 is 2.92 bits per heavy atom. The van der Waals surface area contributed by atoms with Crippen molar-refractivity contribution >= 4 is 22.5 Å². The predicted octanol–water partition coefficient (Wildman–Crippen LogP) is 2.72. The van der Waals surface area contributed by atoms with Crippen LogP contribution in [-0.4, -0.2) is 21.8 Å². The smallest absolute Gasteiger partial charge is 0.349 e. The van der Waals surface area contributed by atoms with E-state index in [-0.39, 0.29) is 5.56 Å². The van der Waals surface area contributed by atoms with E-state index in [1.807, 2.05) is 41.9 Å². The molecule has 0 spiro atoms. The number of aromatic nitrogens is 2. The van der Waals surface area contributed by atoms with Gasteiger partial charge in [-0.3, -0.25) is 4.79 Å². The molecule has 0 aliphatic carbocycles. The second-order valence-corrected chi connectivity index (χ2v) is 6.20. The molecule has 6 heteroatoms. The van der Waals surface area contributed by atoms with Crippen LogP contribution in [0.4, 0.5) is 0 Å². The molecule has 1 N–H and O–H groups in total. The van der Waals surface area contributed by atoms with Crippen molar-refractivity contribution in [2.75, 3.05) is 6.54 Å². The number of carbonyl (C=O) groups is 1. The number of pyridine rings is 1. The Hall–Kier alpha value is -3.41. The molecule has 0 atom stereocenters. The molecule has 0 aliphatic heterocycles. The third-order valence-electron chi connectivity index (χ3n) is 4.20. The average Bonchev–Trinajstić information content (AvgIpc) is 3.02. The Kier molecular flexibility index (Phi) is 4.01. The summed E-state index contributed by atoms with van der Waals surface area (Å²) in [5, 5.41) is 3.48. The van der Waals surface area contributed by atoms with Gasteiger partial charge >= 0.3 is 5.63 Å². The van der Waals surface area contributed by atoms with E-state index in [1.54, 1.807) is 24.3 Å². The molecule has 0 unspecified atom stereocenters. The van der Waals surface area contributed by atoms with Gasteiger partial charge in [0.2, 0.25) is 0 Å². The maximum absolute atomic E-state index is 12.3. The van der Waals surface area contributed by atoms with E-state index in [4.69, 9.17) is 4.42 Å². The van der Waals surface area contributed by atoms with Gasteiger partial charge in [0, 0.05) is 30.7 Å². The van der Waals surface area contributed by atoms with Crippen LogP contribution in [0.25, 0.3) is 16.6 Å². The van der Waals surface area contributed by atoms with Crippen molar-refractivity contribution in [3.05, 3.63) is 82.1 Å². The lowest BCUT2D eigenvalue weighted by Crippen LogP contribution is -2.29. The van der Waals surface area contributed by atoms with Crippen molar-refractivity contribution in [1.29, 1.82) is 0 Å². The minimum absolute atomic E-state index is 0.00864. The molecule has 6 nitrogen and oxygen atoms in total. The van der Waals surface area contributed by atoms with Crippen LogP contribution in [0.2, 0.25) is 0 Å². The van der Waals surface area contributed by atoms with Gasteiger partial charge < -0.3 is 14.1 Å². The third-order valence-corrected chi connectivity index (χ3v) is 4.20. The van der Waals surface area contributed by atoms with E-state index < -0.39 is 11.5 Å². The van der Waals surface area contributed by atoms with Crippen LogP contribution in [-0.2, 0) is 6.42 Å². The monoisotopic (exact) mass is 347 g/mol. The number of benzene rings is 1. The van der Waals surface area contributed by atoms with Crippen molar-refractivity contribution < 1.29 is 9.21 Å². The minimum Gasteiger partial charge on any atom is -0.422 e. The van der Waals surface area contributed by atoms with E-state index in [0.29, 0.717) is 23.9 Å². The number of imidazole rings is 1. The second-order valence-electron chi connectivity index (χ2n) is 6.20. The summed E-state index contributed by atoms with van der Waals surface area (Å²) < 4.78 is 7.16. The summed E-state index contributed by atoms with van der Waals surface area (Å²) in [5.41, 5.74) is 2.74. The first kappa shape index (κ1) is 16.1. The summed E-state index contributed by atoms with van der Waals surface area (Å²) in [7, 11) is 0. The van der Waals surface area contributed by atoms with Gasteiger partial charge in [0.15, 0.2) is 0 Å². The highest BCUT2D eigenvalue weighted by molar-refractivity contribution is 5.96. The number of amides is 1. The lowest BCUT2D eigenvalue weighted by atomic mass is 10.2. The Bertz CT molecular complexity index is 1170. The summed E-state index contributed by atoms with van der Waals surface area (Å²) in [6.07, 6.45) is 4.52. The summed E-state index contributed by atoms with van der Waals surface area (Å²) >= 11 is 0. The summed E-state index contributed by atoms with van der Waals surface area (Å²) in [5.74, 6) is -0.441.